The lowest BCUT2D eigenvalue weighted by atomic mass is 9.91. The highest BCUT2D eigenvalue weighted by Gasteiger charge is 2.17. The minimum absolute atomic E-state index is 0.0750. The van der Waals surface area contributed by atoms with Gasteiger partial charge >= 0.3 is 0 Å². The van der Waals surface area contributed by atoms with Gasteiger partial charge in [-0.1, -0.05) is 24.5 Å². The van der Waals surface area contributed by atoms with Crippen LogP contribution in [0.2, 0.25) is 0 Å². The van der Waals surface area contributed by atoms with Crippen LogP contribution in [0.5, 0.6) is 11.5 Å². The van der Waals surface area contributed by atoms with E-state index in [9.17, 15) is 0 Å². The van der Waals surface area contributed by atoms with Crippen molar-refractivity contribution in [2.45, 2.75) is 44.6 Å². The largest absolute Gasteiger partial charge is 0.497 e. The molecule has 3 heteroatoms. The van der Waals surface area contributed by atoms with Gasteiger partial charge in [0.2, 0.25) is 0 Å². The van der Waals surface area contributed by atoms with Crippen molar-refractivity contribution in [3.8, 4) is 11.5 Å². The Labute approximate surface area is 121 Å². The van der Waals surface area contributed by atoms with Gasteiger partial charge in [0.1, 0.15) is 11.5 Å². The summed E-state index contributed by atoms with van der Waals surface area (Å²) in [6, 6.07) is 5.79. The summed E-state index contributed by atoms with van der Waals surface area (Å²) >= 11 is 0. The Bertz CT molecular complexity index is 468. The van der Waals surface area contributed by atoms with Gasteiger partial charge in [-0.05, 0) is 37.8 Å². The van der Waals surface area contributed by atoms with Crippen molar-refractivity contribution in [1.82, 2.24) is 0 Å². The van der Waals surface area contributed by atoms with Gasteiger partial charge in [0.05, 0.1) is 20.3 Å². The molecule has 2 N–H and O–H groups in total. The molecule has 1 aliphatic rings. The highest BCUT2D eigenvalue weighted by molar-refractivity contribution is 5.45. The van der Waals surface area contributed by atoms with E-state index in [1.807, 2.05) is 18.2 Å². The Hall–Kier alpha value is -1.48. The van der Waals surface area contributed by atoms with Crippen molar-refractivity contribution in [1.29, 1.82) is 0 Å². The van der Waals surface area contributed by atoms with E-state index in [4.69, 9.17) is 15.2 Å². The van der Waals surface area contributed by atoms with Crippen LogP contribution in [0, 0.1) is 0 Å². The van der Waals surface area contributed by atoms with Crippen LogP contribution in [0.1, 0.15) is 50.1 Å². The number of benzene rings is 1. The van der Waals surface area contributed by atoms with Crippen LogP contribution in [-0.4, -0.2) is 14.2 Å². The summed E-state index contributed by atoms with van der Waals surface area (Å²) in [6.45, 7) is 0. The summed E-state index contributed by atoms with van der Waals surface area (Å²) in [7, 11) is 3.34. The Balaban J connectivity index is 2.24. The van der Waals surface area contributed by atoms with E-state index < -0.39 is 0 Å². The number of ether oxygens (including phenoxy) is 2. The van der Waals surface area contributed by atoms with Crippen LogP contribution in [0.3, 0.4) is 0 Å². The highest BCUT2D eigenvalue weighted by atomic mass is 16.5. The molecule has 1 aromatic carbocycles. The molecule has 1 aromatic rings. The second-order valence-corrected chi connectivity index (χ2v) is 5.32. The third-order valence-corrected chi connectivity index (χ3v) is 4.00. The molecule has 1 unspecified atom stereocenters. The number of allylic oxidation sites excluding steroid dienone is 1. The first kappa shape index (κ1) is 14.9. The Morgan fingerprint density at radius 1 is 1.05 bits per heavy atom. The smallest absolute Gasteiger partial charge is 0.127 e. The van der Waals surface area contributed by atoms with Gasteiger partial charge in [0.15, 0.2) is 0 Å². The fourth-order valence-electron chi connectivity index (χ4n) is 2.77. The van der Waals surface area contributed by atoms with Gasteiger partial charge in [-0.25, -0.2) is 0 Å². The number of hydrogen-bond donors (Lipinski definition) is 1. The molecule has 20 heavy (non-hydrogen) atoms. The maximum atomic E-state index is 6.47. The summed E-state index contributed by atoms with van der Waals surface area (Å²) in [5, 5.41) is 0. The molecule has 3 nitrogen and oxygen atoms in total. The van der Waals surface area contributed by atoms with Crippen molar-refractivity contribution in [3.05, 3.63) is 35.4 Å². The number of rotatable bonds is 4. The van der Waals surface area contributed by atoms with Crippen molar-refractivity contribution in [2.24, 2.45) is 5.73 Å². The fourth-order valence-corrected chi connectivity index (χ4v) is 2.77. The Morgan fingerprint density at radius 2 is 1.85 bits per heavy atom. The minimum atomic E-state index is -0.0750. The molecular formula is C17H25NO2. The molecule has 0 saturated heterocycles. The molecule has 0 radical (unpaired) electrons. The maximum absolute atomic E-state index is 6.47. The first-order valence-electron chi connectivity index (χ1n) is 7.42. The van der Waals surface area contributed by atoms with Crippen LogP contribution in [0.4, 0.5) is 0 Å². The highest BCUT2D eigenvalue weighted by Crippen LogP contribution is 2.34. The Morgan fingerprint density at radius 3 is 2.60 bits per heavy atom. The molecular weight excluding hydrogens is 250 g/mol. The zero-order valence-corrected chi connectivity index (χ0v) is 12.5. The number of nitrogens with two attached hydrogens (primary N) is 1. The predicted molar refractivity (Wildman–Crippen MR) is 82.3 cm³/mol. The lowest BCUT2D eigenvalue weighted by Gasteiger charge is -2.21. The van der Waals surface area contributed by atoms with Gasteiger partial charge in [0.25, 0.3) is 0 Å². The predicted octanol–water partition coefficient (Wildman–Crippen LogP) is 3.98. The number of hydrogen-bond acceptors (Lipinski definition) is 3. The zero-order valence-electron chi connectivity index (χ0n) is 12.5. The van der Waals surface area contributed by atoms with Crippen molar-refractivity contribution in [3.63, 3.8) is 0 Å². The summed E-state index contributed by atoms with van der Waals surface area (Å²) in [5.41, 5.74) is 8.85. The van der Waals surface area contributed by atoms with Crippen LogP contribution in [-0.2, 0) is 0 Å². The molecule has 110 valence electrons. The molecule has 2 rings (SSSR count). The third-order valence-electron chi connectivity index (χ3n) is 4.00. The lowest BCUT2D eigenvalue weighted by Crippen LogP contribution is -2.15. The van der Waals surface area contributed by atoms with E-state index in [1.54, 1.807) is 14.2 Å². The van der Waals surface area contributed by atoms with Gasteiger partial charge in [-0.3, -0.25) is 0 Å². The van der Waals surface area contributed by atoms with Crippen molar-refractivity contribution < 1.29 is 9.47 Å². The van der Waals surface area contributed by atoms with Crippen LogP contribution >= 0.6 is 0 Å². The van der Waals surface area contributed by atoms with Gasteiger partial charge in [-0.15, -0.1) is 0 Å². The van der Waals surface area contributed by atoms with Crippen molar-refractivity contribution >= 4 is 0 Å². The van der Waals surface area contributed by atoms with Crippen LogP contribution < -0.4 is 15.2 Å². The molecule has 0 heterocycles. The lowest BCUT2D eigenvalue weighted by molar-refractivity contribution is 0.389. The second kappa shape index (κ2) is 7.34. The average molecular weight is 275 g/mol. The average Bonchev–Trinajstić information content (AvgIpc) is 2.45. The zero-order chi connectivity index (χ0) is 14.4. The molecule has 0 bridgehead atoms. The quantitative estimate of drug-likeness (QED) is 0.845. The Kier molecular flexibility index (Phi) is 5.48. The molecule has 0 fully saturated rings. The van der Waals surface area contributed by atoms with E-state index in [2.05, 4.69) is 6.08 Å². The molecule has 0 aliphatic heterocycles. The van der Waals surface area contributed by atoms with E-state index in [-0.39, 0.29) is 6.04 Å². The second-order valence-electron chi connectivity index (χ2n) is 5.32. The molecule has 0 spiro atoms. The summed E-state index contributed by atoms with van der Waals surface area (Å²) in [6.07, 6.45) is 9.72. The molecule has 0 saturated carbocycles. The molecule has 0 aromatic heterocycles. The van der Waals surface area contributed by atoms with Crippen molar-refractivity contribution in [2.75, 3.05) is 14.2 Å². The number of methoxy groups -OCH3 is 2. The van der Waals surface area contributed by atoms with Crippen LogP contribution in [0.15, 0.2) is 29.8 Å². The topological polar surface area (TPSA) is 44.5 Å². The van der Waals surface area contributed by atoms with Gasteiger partial charge < -0.3 is 15.2 Å². The molecule has 1 atom stereocenters. The van der Waals surface area contributed by atoms with E-state index in [1.165, 1.54) is 31.3 Å². The third kappa shape index (κ3) is 3.54. The first-order valence-corrected chi connectivity index (χ1v) is 7.42. The summed E-state index contributed by atoms with van der Waals surface area (Å²) in [5.74, 6) is 1.60. The first-order chi connectivity index (χ1) is 9.76. The van der Waals surface area contributed by atoms with E-state index in [0.717, 1.165) is 29.9 Å². The maximum Gasteiger partial charge on any atom is 0.127 e. The van der Waals surface area contributed by atoms with Gasteiger partial charge in [-0.2, -0.15) is 0 Å². The minimum Gasteiger partial charge on any atom is -0.497 e. The van der Waals surface area contributed by atoms with E-state index in [0.29, 0.717) is 0 Å². The summed E-state index contributed by atoms with van der Waals surface area (Å²) < 4.78 is 10.7. The molecule has 1 aliphatic carbocycles. The normalized spacial score (nSPS) is 20.2. The monoisotopic (exact) mass is 275 g/mol. The summed E-state index contributed by atoms with van der Waals surface area (Å²) in [4.78, 5) is 0. The van der Waals surface area contributed by atoms with Crippen LogP contribution in [0.25, 0.3) is 0 Å². The van der Waals surface area contributed by atoms with Gasteiger partial charge in [0, 0.05) is 11.6 Å². The van der Waals surface area contributed by atoms with E-state index >= 15 is 0 Å². The molecule has 0 amide bonds. The standard InChI is InChI=1S/C17H25NO2/c1-19-14-10-11-15(16(12-14)20-2)17(18)13-8-6-4-3-5-7-9-13/h8,10-12,17H,3-7,9,18H2,1-2H3/b13-8+. The SMILES string of the molecule is COc1ccc(C(N)/C2=C/CCCCCC2)c(OC)c1. The fraction of sp³-hybridized carbons (Fsp3) is 0.529.